The minimum absolute atomic E-state index is 0.0269. The second-order valence-electron chi connectivity index (χ2n) is 11.4. The van der Waals surface area contributed by atoms with Gasteiger partial charge in [0.05, 0.1) is 19.3 Å². The van der Waals surface area contributed by atoms with E-state index in [0.29, 0.717) is 48.5 Å². The van der Waals surface area contributed by atoms with Crippen molar-refractivity contribution in [2.24, 2.45) is 0 Å². The van der Waals surface area contributed by atoms with Crippen LogP contribution < -0.4 is 9.64 Å². The van der Waals surface area contributed by atoms with Crippen LogP contribution in [0.1, 0.15) is 74.7 Å². The average molecular weight is 585 g/mol. The lowest BCUT2D eigenvalue weighted by molar-refractivity contribution is -0.274. The summed E-state index contributed by atoms with van der Waals surface area (Å²) in [6.45, 7) is 2.43. The van der Waals surface area contributed by atoms with Gasteiger partial charge in [0.25, 0.3) is 0 Å². The van der Waals surface area contributed by atoms with E-state index in [1.54, 1.807) is 12.1 Å². The van der Waals surface area contributed by atoms with Crippen molar-refractivity contribution < 1.29 is 36.7 Å². The SMILES string of the molecule is CCOC(=O)CCc1ccc(N2C3CCC2CC(OCc2c(-c4ccccc4OC(F)(F)F)noc2C2CC2)C3)cc1. The highest BCUT2D eigenvalue weighted by Crippen LogP contribution is 2.46. The Balaban J connectivity index is 1.12. The second-order valence-corrected chi connectivity index (χ2v) is 11.4. The zero-order valence-corrected chi connectivity index (χ0v) is 23.6. The molecule has 1 aromatic heterocycles. The lowest BCUT2D eigenvalue weighted by atomic mass is 9.98. The van der Waals surface area contributed by atoms with E-state index in [4.69, 9.17) is 14.0 Å². The number of rotatable bonds is 11. The number of hydrogen-bond acceptors (Lipinski definition) is 7. The molecule has 3 aliphatic rings. The summed E-state index contributed by atoms with van der Waals surface area (Å²) < 4.78 is 60.8. The number of carbonyl (C=O) groups is 1. The Kier molecular flexibility index (Phi) is 8.16. The molecular weight excluding hydrogens is 549 g/mol. The molecule has 3 aromatic rings. The number of ether oxygens (including phenoxy) is 3. The monoisotopic (exact) mass is 584 g/mol. The maximum atomic E-state index is 13.1. The molecule has 7 nitrogen and oxygen atoms in total. The molecule has 0 amide bonds. The molecule has 3 fully saturated rings. The third-order valence-electron chi connectivity index (χ3n) is 8.45. The van der Waals surface area contributed by atoms with E-state index in [1.165, 1.54) is 17.8 Å². The number of alkyl halides is 3. The molecule has 2 aliphatic heterocycles. The number of fused-ring (bicyclic) bond motifs is 2. The largest absolute Gasteiger partial charge is 0.573 e. The first-order chi connectivity index (χ1) is 20.3. The first-order valence-electron chi connectivity index (χ1n) is 14.8. The van der Waals surface area contributed by atoms with Crippen molar-refractivity contribution >= 4 is 11.7 Å². The number of anilines is 1. The van der Waals surface area contributed by atoms with Gasteiger partial charge in [0, 0.05) is 41.2 Å². The van der Waals surface area contributed by atoms with E-state index in [0.717, 1.165) is 44.1 Å². The zero-order chi connectivity index (χ0) is 29.3. The predicted octanol–water partition coefficient (Wildman–Crippen LogP) is 7.33. The highest BCUT2D eigenvalue weighted by Gasteiger charge is 2.42. The van der Waals surface area contributed by atoms with Gasteiger partial charge in [0.2, 0.25) is 0 Å². The summed E-state index contributed by atoms with van der Waals surface area (Å²) in [5, 5.41) is 4.20. The van der Waals surface area contributed by atoms with Crippen LogP contribution in [0.15, 0.2) is 53.1 Å². The summed E-state index contributed by atoms with van der Waals surface area (Å²) >= 11 is 0. The van der Waals surface area contributed by atoms with Crippen molar-refractivity contribution in [3.05, 3.63) is 65.4 Å². The number of piperidine rings is 1. The van der Waals surface area contributed by atoms with Crippen molar-refractivity contribution in [2.75, 3.05) is 11.5 Å². The van der Waals surface area contributed by atoms with Crippen molar-refractivity contribution in [1.82, 2.24) is 5.16 Å². The number of nitrogens with zero attached hydrogens (tertiary/aromatic N) is 2. The smallest absolute Gasteiger partial charge is 0.466 e. The van der Waals surface area contributed by atoms with Crippen molar-refractivity contribution in [3.8, 4) is 17.0 Å². The fourth-order valence-electron chi connectivity index (χ4n) is 6.42. The summed E-state index contributed by atoms with van der Waals surface area (Å²) in [7, 11) is 0. The standard InChI is InChI=1S/C32H35F3N2O5/c1-2-39-29(38)16-9-20-7-12-22(13-8-20)37-23-14-15-24(37)18-25(17-23)40-19-27-30(36-42-31(27)21-10-11-21)26-5-3-4-6-28(26)41-32(33,34)35/h3-8,12-13,21,23-25H,2,9-11,14-19H2,1H3. The first kappa shape index (κ1) is 28.6. The number of aryl methyl sites for hydroxylation is 1. The summed E-state index contributed by atoms with van der Waals surface area (Å²) in [5.41, 5.74) is 3.59. The van der Waals surface area contributed by atoms with Gasteiger partial charge in [-0.3, -0.25) is 4.79 Å². The summed E-state index contributed by atoms with van der Waals surface area (Å²) in [4.78, 5) is 14.2. The quantitative estimate of drug-likeness (QED) is 0.219. The fourth-order valence-corrected chi connectivity index (χ4v) is 6.42. The van der Waals surface area contributed by atoms with Crippen LogP contribution in [0.2, 0.25) is 0 Å². The van der Waals surface area contributed by atoms with E-state index < -0.39 is 6.36 Å². The Labute approximate surface area is 242 Å². The normalized spacial score (nSPS) is 21.9. The number of benzene rings is 2. The lowest BCUT2D eigenvalue weighted by Gasteiger charge is -2.40. The number of esters is 1. The van der Waals surface area contributed by atoms with Crippen molar-refractivity contribution in [1.29, 1.82) is 0 Å². The molecule has 1 saturated carbocycles. The fraction of sp³-hybridized carbons (Fsp3) is 0.500. The molecular formula is C32H35F3N2O5. The molecule has 42 heavy (non-hydrogen) atoms. The zero-order valence-electron chi connectivity index (χ0n) is 23.6. The van der Waals surface area contributed by atoms with Gasteiger partial charge in [-0.1, -0.05) is 29.4 Å². The molecule has 0 spiro atoms. The maximum Gasteiger partial charge on any atom is 0.573 e. The topological polar surface area (TPSA) is 74.0 Å². The van der Waals surface area contributed by atoms with Crippen LogP contribution >= 0.6 is 0 Å². The first-order valence-corrected chi connectivity index (χ1v) is 14.8. The van der Waals surface area contributed by atoms with Gasteiger partial charge in [-0.25, -0.2) is 0 Å². The molecule has 2 bridgehead atoms. The van der Waals surface area contributed by atoms with Gasteiger partial charge >= 0.3 is 12.3 Å². The third kappa shape index (κ3) is 6.43. The van der Waals surface area contributed by atoms with Crippen LogP contribution in [-0.2, 0) is 27.3 Å². The van der Waals surface area contributed by atoms with Gasteiger partial charge in [-0.15, -0.1) is 13.2 Å². The van der Waals surface area contributed by atoms with E-state index in [-0.39, 0.29) is 35.9 Å². The number of hydrogen-bond donors (Lipinski definition) is 0. The molecule has 0 N–H and O–H groups in total. The van der Waals surface area contributed by atoms with Crippen LogP contribution in [0.3, 0.4) is 0 Å². The summed E-state index contributed by atoms with van der Waals surface area (Å²) in [5.74, 6) is 0.442. The summed E-state index contributed by atoms with van der Waals surface area (Å²) in [6.07, 6.45) is 2.08. The molecule has 6 rings (SSSR count). The molecule has 2 unspecified atom stereocenters. The van der Waals surface area contributed by atoms with E-state index in [2.05, 4.69) is 39.1 Å². The second kappa shape index (κ2) is 12.0. The van der Waals surface area contributed by atoms with Gasteiger partial charge in [0.1, 0.15) is 17.2 Å². The van der Waals surface area contributed by atoms with Gasteiger partial charge in [-0.2, -0.15) is 0 Å². The third-order valence-corrected chi connectivity index (χ3v) is 8.45. The summed E-state index contributed by atoms with van der Waals surface area (Å²) in [6, 6.07) is 15.2. The van der Waals surface area contributed by atoms with E-state index in [1.807, 2.05) is 6.92 Å². The van der Waals surface area contributed by atoms with Gasteiger partial charge in [0.15, 0.2) is 0 Å². The number of para-hydroxylation sites is 1. The average Bonchev–Trinajstić information content (AvgIpc) is 3.66. The Bertz CT molecular complexity index is 1370. The molecule has 2 atom stereocenters. The molecule has 1 aliphatic carbocycles. The van der Waals surface area contributed by atoms with Crippen LogP contribution in [0.25, 0.3) is 11.3 Å². The Hall–Kier alpha value is -3.53. The molecule has 2 aromatic carbocycles. The number of aromatic nitrogens is 1. The molecule has 3 heterocycles. The van der Waals surface area contributed by atoms with Gasteiger partial charge in [-0.05, 0) is 81.7 Å². The predicted molar refractivity (Wildman–Crippen MR) is 149 cm³/mol. The van der Waals surface area contributed by atoms with E-state index >= 15 is 0 Å². The molecule has 0 radical (unpaired) electrons. The maximum absolute atomic E-state index is 13.1. The minimum atomic E-state index is -4.81. The minimum Gasteiger partial charge on any atom is -0.466 e. The van der Waals surface area contributed by atoms with Crippen LogP contribution in [0, 0.1) is 0 Å². The lowest BCUT2D eigenvalue weighted by Crippen LogP contribution is -2.45. The van der Waals surface area contributed by atoms with Crippen LogP contribution in [0.4, 0.5) is 18.9 Å². The number of carbonyl (C=O) groups excluding carboxylic acids is 1. The van der Waals surface area contributed by atoms with Crippen LogP contribution in [-0.4, -0.2) is 42.3 Å². The number of halogens is 3. The molecule has 2 saturated heterocycles. The van der Waals surface area contributed by atoms with Crippen molar-refractivity contribution in [2.45, 2.75) is 95.4 Å². The molecule has 224 valence electrons. The Morgan fingerprint density at radius 2 is 1.74 bits per heavy atom. The highest BCUT2D eigenvalue weighted by atomic mass is 19.4. The Morgan fingerprint density at radius 1 is 1.02 bits per heavy atom. The van der Waals surface area contributed by atoms with Gasteiger partial charge < -0.3 is 23.6 Å². The Morgan fingerprint density at radius 3 is 2.40 bits per heavy atom. The molecule has 10 heteroatoms. The van der Waals surface area contributed by atoms with Crippen molar-refractivity contribution in [3.63, 3.8) is 0 Å². The van der Waals surface area contributed by atoms with E-state index in [9.17, 15) is 18.0 Å². The van der Waals surface area contributed by atoms with Crippen LogP contribution in [0.5, 0.6) is 5.75 Å². The highest BCUT2D eigenvalue weighted by molar-refractivity contribution is 5.71.